The normalized spacial score (nSPS) is 11.7. The molecule has 0 saturated heterocycles. The highest BCUT2D eigenvalue weighted by molar-refractivity contribution is 7.26. The van der Waals surface area contributed by atoms with Crippen LogP contribution in [0.5, 0.6) is 0 Å². The van der Waals surface area contributed by atoms with Gasteiger partial charge in [-0.3, -0.25) is 0 Å². The van der Waals surface area contributed by atoms with E-state index in [0.717, 1.165) is 65.5 Å². The van der Waals surface area contributed by atoms with Crippen molar-refractivity contribution in [3.8, 4) is 34.6 Å². The number of rotatable bonds is 3. The van der Waals surface area contributed by atoms with E-state index in [0.29, 0.717) is 22.5 Å². The zero-order valence-corrected chi connectivity index (χ0v) is 29.0. The van der Waals surface area contributed by atoms with E-state index >= 15 is 0 Å². The molecule has 0 fully saturated rings. The average molecular weight is 691 g/mol. The van der Waals surface area contributed by atoms with Gasteiger partial charge in [0.25, 0.3) is 0 Å². The minimum Gasteiger partial charge on any atom is -0.308 e. The molecule has 0 aliphatic rings. The van der Waals surface area contributed by atoms with E-state index in [1.54, 1.807) is 11.3 Å². The van der Waals surface area contributed by atoms with Crippen LogP contribution in [0.3, 0.4) is 0 Å². The van der Waals surface area contributed by atoms with Crippen LogP contribution in [0.1, 0.15) is 11.1 Å². The summed E-state index contributed by atoms with van der Waals surface area (Å²) in [6.45, 7) is 0. The van der Waals surface area contributed by atoms with Gasteiger partial charge in [0.2, 0.25) is 0 Å². The van der Waals surface area contributed by atoms with Crippen LogP contribution in [0.2, 0.25) is 0 Å². The zero-order chi connectivity index (χ0) is 35.2. The largest absolute Gasteiger partial charge is 0.308 e. The average Bonchev–Trinajstić information content (AvgIpc) is 3.88. The molecule has 0 radical (unpaired) electrons. The third kappa shape index (κ3) is 4.14. The number of fused-ring (bicyclic) bond motifs is 12. The molecule has 0 atom stereocenters. The van der Waals surface area contributed by atoms with Gasteiger partial charge >= 0.3 is 0 Å². The van der Waals surface area contributed by atoms with Crippen LogP contribution in [0.25, 0.3) is 97.1 Å². The fourth-order valence-corrected chi connectivity index (χ4v) is 9.63. The van der Waals surface area contributed by atoms with Gasteiger partial charge in [-0.15, -0.1) is 11.3 Å². The lowest BCUT2D eigenvalue weighted by Crippen LogP contribution is -2.04. The number of aromatic nitrogens is 2. The molecule has 0 N–H and O–H groups in total. The standard InChI is InChI=1S/C48H26N4S/c49-27-32-26-43(52-39-20-19-31(29-10-2-1-3-11-29)24-37(39)46-34-13-5-4-12-30(34)18-21-40(46)52)33(28-50)25-42(32)51-38-16-8-6-14-35(38)47-41(51)22-23-45-48(47)36-15-7-9-17-44(36)53-45/h1-26H. The van der Waals surface area contributed by atoms with Gasteiger partial charge in [0.1, 0.15) is 12.1 Å². The van der Waals surface area contributed by atoms with Gasteiger partial charge in [-0.1, -0.05) is 103 Å². The van der Waals surface area contributed by atoms with Crippen molar-refractivity contribution in [2.75, 3.05) is 0 Å². The molecule has 8 aromatic carbocycles. The summed E-state index contributed by atoms with van der Waals surface area (Å²) < 4.78 is 6.81. The number of benzene rings is 8. The van der Waals surface area contributed by atoms with E-state index < -0.39 is 0 Å². The molecule has 11 aromatic rings. The molecule has 0 bridgehead atoms. The summed E-state index contributed by atoms with van der Waals surface area (Å²) >= 11 is 1.80. The van der Waals surface area contributed by atoms with Crippen molar-refractivity contribution in [1.29, 1.82) is 10.5 Å². The van der Waals surface area contributed by atoms with Crippen LogP contribution in [-0.2, 0) is 0 Å². The summed E-state index contributed by atoms with van der Waals surface area (Å²) in [6.07, 6.45) is 0. The molecule has 244 valence electrons. The fourth-order valence-electron chi connectivity index (χ4n) is 8.52. The van der Waals surface area contributed by atoms with E-state index in [1.165, 1.54) is 20.2 Å². The van der Waals surface area contributed by atoms with Crippen LogP contribution in [0, 0.1) is 22.7 Å². The Morgan fingerprint density at radius 1 is 0.396 bits per heavy atom. The summed E-state index contributed by atoms with van der Waals surface area (Å²) in [6, 6.07) is 59.9. The number of para-hydroxylation sites is 1. The second kappa shape index (κ2) is 11.2. The van der Waals surface area contributed by atoms with Gasteiger partial charge in [-0.25, -0.2) is 0 Å². The van der Waals surface area contributed by atoms with Crippen molar-refractivity contribution in [3.63, 3.8) is 0 Å². The van der Waals surface area contributed by atoms with Gasteiger partial charge in [0.15, 0.2) is 0 Å². The summed E-state index contributed by atoms with van der Waals surface area (Å²) in [7, 11) is 0. The Balaban J connectivity index is 1.22. The Labute approximate surface area is 307 Å². The molecule has 0 aliphatic heterocycles. The topological polar surface area (TPSA) is 57.4 Å². The van der Waals surface area contributed by atoms with Crippen molar-refractivity contribution < 1.29 is 0 Å². The Hall–Kier alpha value is -7.18. The Kier molecular flexibility index (Phi) is 6.22. The van der Waals surface area contributed by atoms with Gasteiger partial charge < -0.3 is 9.13 Å². The third-order valence-electron chi connectivity index (χ3n) is 10.8. The van der Waals surface area contributed by atoms with E-state index in [-0.39, 0.29) is 0 Å². The smallest absolute Gasteiger partial charge is 0.101 e. The number of nitrogens with zero attached hydrogens (tertiary/aromatic N) is 4. The predicted octanol–water partition coefficient (Wildman–Crippen LogP) is 12.8. The molecule has 5 heteroatoms. The van der Waals surface area contributed by atoms with Gasteiger partial charge in [-0.05, 0) is 76.5 Å². The molecule has 53 heavy (non-hydrogen) atoms. The minimum atomic E-state index is 0.492. The maximum absolute atomic E-state index is 10.9. The lowest BCUT2D eigenvalue weighted by Gasteiger charge is -2.16. The van der Waals surface area contributed by atoms with Crippen molar-refractivity contribution >= 4 is 85.9 Å². The molecule has 11 rings (SSSR count). The van der Waals surface area contributed by atoms with Crippen LogP contribution in [0.4, 0.5) is 0 Å². The second-order valence-electron chi connectivity index (χ2n) is 13.5. The van der Waals surface area contributed by atoms with Crippen LogP contribution in [-0.4, -0.2) is 9.13 Å². The highest BCUT2D eigenvalue weighted by Crippen LogP contribution is 2.45. The first-order valence-corrected chi connectivity index (χ1v) is 18.4. The Morgan fingerprint density at radius 3 is 1.77 bits per heavy atom. The highest BCUT2D eigenvalue weighted by Gasteiger charge is 2.23. The van der Waals surface area contributed by atoms with Crippen molar-refractivity contribution in [1.82, 2.24) is 9.13 Å². The maximum atomic E-state index is 10.9. The Morgan fingerprint density at radius 2 is 1.00 bits per heavy atom. The molecular weight excluding hydrogens is 665 g/mol. The van der Waals surface area contributed by atoms with E-state index in [9.17, 15) is 10.5 Å². The lowest BCUT2D eigenvalue weighted by atomic mass is 10.0. The molecule has 4 nitrogen and oxygen atoms in total. The van der Waals surface area contributed by atoms with E-state index in [1.807, 2.05) is 24.3 Å². The maximum Gasteiger partial charge on any atom is 0.101 e. The number of hydrogen-bond acceptors (Lipinski definition) is 3. The van der Waals surface area contributed by atoms with Gasteiger partial charge in [0.05, 0.1) is 44.6 Å². The third-order valence-corrected chi connectivity index (χ3v) is 11.9. The summed E-state index contributed by atoms with van der Waals surface area (Å²) in [4.78, 5) is 0. The lowest BCUT2D eigenvalue weighted by molar-refractivity contribution is 1.12. The molecule has 0 saturated carbocycles. The molecular formula is C48H26N4S. The first-order valence-electron chi connectivity index (χ1n) is 17.6. The molecule has 0 amide bonds. The van der Waals surface area contributed by atoms with Crippen molar-refractivity contribution in [2.45, 2.75) is 0 Å². The van der Waals surface area contributed by atoms with Crippen molar-refractivity contribution in [2.24, 2.45) is 0 Å². The zero-order valence-electron chi connectivity index (χ0n) is 28.2. The quantitative estimate of drug-likeness (QED) is 0.185. The summed E-state index contributed by atoms with van der Waals surface area (Å²) in [5.74, 6) is 0. The summed E-state index contributed by atoms with van der Waals surface area (Å²) in [5, 5.41) is 31.1. The number of thiophene rings is 1. The van der Waals surface area contributed by atoms with E-state index in [4.69, 9.17) is 0 Å². The van der Waals surface area contributed by atoms with Crippen molar-refractivity contribution in [3.05, 3.63) is 169 Å². The SMILES string of the molecule is N#Cc1cc(-n2c3ccccc3c3c4c(ccc32)sc2ccccc24)c(C#N)cc1-n1c2ccc(-c3ccccc3)cc2c2c3ccccc3ccc21. The number of nitriles is 2. The van der Waals surface area contributed by atoms with Crippen LogP contribution >= 0.6 is 11.3 Å². The van der Waals surface area contributed by atoms with Gasteiger partial charge in [0, 0.05) is 41.7 Å². The Bertz CT molecular complexity index is 3420. The molecule has 3 aromatic heterocycles. The van der Waals surface area contributed by atoms with E-state index in [2.05, 4.69) is 155 Å². The molecule has 0 unspecified atom stereocenters. The number of hydrogen-bond donors (Lipinski definition) is 0. The monoisotopic (exact) mass is 690 g/mol. The second-order valence-corrected chi connectivity index (χ2v) is 14.6. The fraction of sp³-hybridized carbons (Fsp3) is 0. The molecule has 0 aliphatic carbocycles. The predicted molar refractivity (Wildman–Crippen MR) is 220 cm³/mol. The summed E-state index contributed by atoms with van der Waals surface area (Å²) in [5.41, 5.74) is 8.59. The first-order chi connectivity index (χ1) is 26.2. The minimum absolute atomic E-state index is 0.492. The molecule has 3 heterocycles. The highest BCUT2D eigenvalue weighted by atomic mass is 32.1. The van der Waals surface area contributed by atoms with Crippen LogP contribution in [0.15, 0.2) is 158 Å². The first kappa shape index (κ1) is 29.5. The van der Waals surface area contributed by atoms with Crippen LogP contribution < -0.4 is 0 Å². The molecule has 0 spiro atoms. The van der Waals surface area contributed by atoms with Gasteiger partial charge in [-0.2, -0.15) is 10.5 Å².